The van der Waals surface area contributed by atoms with Crippen LogP contribution in [0.2, 0.25) is 0 Å². The summed E-state index contributed by atoms with van der Waals surface area (Å²) < 4.78 is 10.6. The van der Waals surface area contributed by atoms with Crippen LogP contribution < -0.4 is 0 Å². The zero-order valence-electron chi connectivity index (χ0n) is 14.8. The minimum absolute atomic E-state index is 0.0834. The maximum atomic E-state index is 11.8. The Kier molecular flexibility index (Phi) is 6.19. The van der Waals surface area contributed by atoms with Crippen molar-refractivity contribution in [3.05, 3.63) is 35.5 Å². The van der Waals surface area contributed by atoms with Crippen molar-refractivity contribution in [3.8, 4) is 0 Å². The predicted octanol–water partition coefficient (Wildman–Crippen LogP) is 1.82. The van der Waals surface area contributed by atoms with E-state index in [0.717, 1.165) is 11.1 Å². The van der Waals surface area contributed by atoms with Gasteiger partial charge in [-0.2, -0.15) is 0 Å². The Morgan fingerprint density at radius 1 is 1.40 bits per heavy atom. The molecule has 0 saturated carbocycles. The topological polar surface area (TPSA) is 93.1 Å². The molecule has 138 valence electrons. The molecule has 1 aliphatic carbocycles. The normalized spacial score (nSPS) is 29.0. The lowest BCUT2D eigenvalue weighted by Crippen LogP contribution is -2.33. The van der Waals surface area contributed by atoms with Gasteiger partial charge in [0.1, 0.15) is 12.7 Å². The van der Waals surface area contributed by atoms with Crippen molar-refractivity contribution in [2.75, 3.05) is 13.2 Å². The zero-order valence-corrected chi connectivity index (χ0v) is 14.8. The third kappa shape index (κ3) is 5.03. The molecule has 0 unspecified atom stereocenters. The average Bonchev–Trinajstić information content (AvgIpc) is 2.81. The molecule has 0 aromatic carbocycles. The first-order chi connectivity index (χ1) is 11.7. The molecule has 0 aromatic heterocycles. The summed E-state index contributed by atoms with van der Waals surface area (Å²) in [5.41, 5.74) is 0.629. The number of rotatable bonds is 4. The van der Waals surface area contributed by atoms with E-state index >= 15 is 0 Å². The van der Waals surface area contributed by atoms with Gasteiger partial charge in [-0.05, 0) is 44.3 Å². The highest BCUT2D eigenvalue weighted by atomic mass is 16.6. The smallest absolute Gasteiger partial charge is 0.337 e. The van der Waals surface area contributed by atoms with Gasteiger partial charge < -0.3 is 19.7 Å². The van der Waals surface area contributed by atoms with Crippen molar-refractivity contribution in [2.24, 2.45) is 5.92 Å². The fraction of sp³-hybridized carbons (Fsp3) is 0.579. The highest BCUT2D eigenvalue weighted by Crippen LogP contribution is 2.34. The molecule has 1 heterocycles. The summed E-state index contributed by atoms with van der Waals surface area (Å²) in [5.74, 6) is -1.23. The van der Waals surface area contributed by atoms with E-state index in [1.54, 1.807) is 0 Å². The summed E-state index contributed by atoms with van der Waals surface area (Å²) >= 11 is 0. The van der Waals surface area contributed by atoms with Crippen LogP contribution in [0.1, 0.15) is 39.5 Å². The number of ether oxygens (including phenoxy) is 2. The quantitative estimate of drug-likeness (QED) is 0.456. The van der Waals surface area contributed by atoms with Gasteiger partial charge in [0.2, 0.25) is 0 Å². The van der Waals surface area contributed by atoms with Gasteiger partial charge in [0.25, 0.3) is 0 Å². The summed E-state index contributed by atoms with van der Waals surface area (Å²) in [4.78, 5) is 23.6. The fourth-order valence-electron chi connectivity index (χ4n) is 2.94. The zero-order chi connectivity index (χ0) is 18.6. The average molecular weight is 350 g/mol. The Morgan fingerprint density at radius 2 is 2.12 bits per heavy atom. The second-order valence-corrected chi connectivity index (χ2v) is 7.07. The molecule has 2 rings (SSSR count). The Hall–Kier alpha value is -1.92. The first-order valence-electron chi connectivity index (χ1n) is 8.48. The second kappa shape index (κ2) is 7.97. The van der Waals surface area contributed by atoms with Crippen LogP contribution in [0, 0.1) is 5.92 Å². The molecule has 2 atom stereocenters. The maximum Gasteiger partial charge on any atom is 0.337 e. The van der Waals surface area contributed by atoms with Crippen molar-refractivity contribution in [1.82, 2.24) is 0 Å². The fourth-order valence-corrected chi connectivity index (χ4v) is 2.94. The van der Waals surface area contributed by atoms with Crippen LogP contribution in [-0.4, -0.2) is 47.1 Å². The van der Waals surface area contributed by atoms with Gasteiger partial charge >= 0.3 is 11.9 Å². The van der Waals surface area contributed by atoms with Gasteiger partial charge in [-0.25, -0.2) is 9.59 Å². The summed E-state index contributed by atoms with van der Waals surface area (Å²) in [5, 5.41) is 19.2. The number of allylic oxidation sites excluding steroid dienone is 2. The highest BCUT2D eigenvalue weighted by Gasteiger charge is 2.38. The number of hydrogen-bond donors (Lipinski definition) is 2. The van der Waals surface area contributed by atoms with Gasteiger partial charge in [0, 0.05) is 17.9 Å². The number of carbonyl (C=O) groups is 2. The van der Waals surface area contributed by atoms with Crippen molar-refractivity contribution in [2.45, 2.75) is 51.2 Å². The minimum Gasteiger partial charge on any atom is -0.459 e. The summed E-state index contributed by atoms with van der Waals surface area (Å²) in [6.45, 7) is 6.58. The molecule has 0 aromatic rings. The number of aliphatic hydroxyl groups is 2. The molecule has 1 fully saturated rings. The Labute approximate surface area is 147 Å². The second-order valence-electron chi connectivity index (χ2n) is 7.07. The van der Waals surface area contributed by atoms with Crippen molar-refractivity contribution < 1.29 is 29.3 Å². The summed E-state index contributed by atoms with van der Waals surface area (Å²) in [7, 11) is 0. The Balaban J connectivity index is 2.13. The summed E-state index contributed by atoms with van der Waals surface area (Å²) in [6, 6.07) is 0. The van der Waals surface area contributed by atoms with Crippen LogP contribution in [0.25, 0.3) is 0 Å². The number of carbonyl (C=O) groups excluding carboxylic acids is 2. The molecular formula is C19H26O6. The largest absolute Gasteiger partial charge is 0.459 e. The number of fused-ring (bicyclic) bond motifs is 1. The van der Waals surface area contributed by atoms with Gasteiger partial charge in [-0.1, -0.05) is 18.7 Å². The lowest BCUT2D eigenvalue weighted by Gasteiger charge is -2.20. The Bertz CT molecular complexity index is 608. The van der Waals surface area contributed by atoms with Crippen LogP contribution in [0.5, 0.6) is 0 Å². The highest BCUT2D eigenvalue weighted by molar-refractivity contribution is 5.90. The van der Waals surface area contributed by atoms with Gasteiger partial charge in [-0.3, -0.25) is 0 Å². The van der Waals surface area contributed by atoms with Crippen molar-refractivity contribution in [1.29, 1.82) is 0 Å². The van der Waals surface area contributed by atoms with Gasteiger partial charge in [-0.15, -0.1) is 0 Å². The van der Waals surface area contributed by atoms with Crippen LogP contribution >= 0.6 is 0 Å². The molecule has 2 aliphatic rings. The van der Waals surface area contributed by atoms with E-state index in [9.17, 15) is 19.8 Å². The molecule has 6 heteroatoms. The molecule has 0 spiro atoms. The molecular weight excluding hydrogens is 324 g/mol. The predicted molar refractivity (Wildman–Crippen MR) is 91.5 cm³/mol. The van der Waals surface area contributed by atoms with Gasteiger partial charge in [0.05, 0.1) is 6.61 Å². The molecule has 2 N–H and O–H groups in total. The first kappa shape index (κ1) is 19.4. The van der Waals surface area contributed by atoms with Crippen LogP contribution in [0.3, 0.4) is 0 Å². The van der Waals surface area contributed by atoms with E-state index < -0.39 is 17.5 Å². The standard InChI is InChI=1S/C19H26O6/c1-12-15-8-7-13(11-24-18(22)19(2,3)23)5-4-6-14(10-20)9-16(15)25-17(12)21/h6-7,15-16,20,23H,1,4-5,8-11H2,2-3H3/b13-7-,14-6+/t15-,16+/m1/s1. The van der Waals surface area contributed by atoms with Crippen LogP contribution in [0.15, 0.2) is 35.5 Å². The maximum absolute atomic E-state index is 11.8. The summed E-state index contributed by atoms with van der Waals surface area (Å²) in [6.07, 6.45) is 5.98. The van der Waals surface area contributed by atoms with E-state index in [4.69, 9.17) is 9.47 Å². The van der Waals surface area contributed by atoms with Crippen LogP contribution in [-0.2, 0) is 19.1 Å². The number of hydrogen-bond acceptors (Lipinski definition) is 6. The first-order valence-corrected chi connectivity index (χ1v) is 8.48. The molecule has 6 nitrogen and oxygen atoms in total. The lowest BCUT2D eigenvalue weighted by atomic mass is 9.87. The third-order valence-corrected chi connectivity index (χ3v) is 4.53. The SMILES string of the molecule is C=C1C(=O)O[C@H]2C/C(CO)=C\CC/C(COC(=O)C(C)(C)O)=C/C[C@H]12. The van der Waals surface area contributed by atoms with E-state index in [1.165, 1.54) is 13.8 Å². The van der Waals surface area contributed by atoms with E-state index in [1.807, 2.05) is 12.2 Å². The molecule has 0 bridgehead atoms. The van der Waals surface area contributed by atoms with E-state index in [2.05, 4.69) is 6.58 Å². The molecule has 0 radical (unpaired) electrons. The molecule has 1 saturated heterocycles. The monoisotopic (exact) mass is 350 g/mol. The minimum atomic E-state index is -1.54. The van der Waals surface area contributed by atoms with Gasteiger partial charge in [0.15, 0.2) is 5.60 Å². The third-order valence-electron chi connectivity index (χ3n) is 4.53. The lowest BCUT2D eigenvalue weighted by molar-refractivity contribution is -0.160. The van der Waals surface area contributed by atoms with Crippen molar-refractivity contribution in [3.63, 3.8) is 0 Å². The molecule has 0 amide bonds. The van der Waals surface area contributed by atoms with Crippen molar-refractivity contribution >= 4 is 11.9 Å². The van der Waals surface area contributed by atoms with Crippen LogP contribution in [0.4, 0.5) is 0 Å². The Morgan fingerprint density at radius 3 is 2.76 bits per heavy atom. The number of aliphatic hydroxyl groups excluding tert-OH is 1. The molecule has 25 heavy (non-hydrogen) atoms. The van der Waals surface area contributed by atoms with E-state index in [-0.39, 0.29) is 25.2 Å². The van der Waals surface area contributed by atoms with E-state index in [0.29, 0.717) is 31.3 Å². The molecule has 1 aliphatic heterocycles. The number of esters is 2.